The second kappa shape index (κ2) is 6.65. The quantitative estimate of drug-likeness (QED) is 0.266. The summed E-state index contributed by atoms with van der Waals surface area (Å²) in [5.41, 5.74) is 0.961. The molecule has 1 heterocycles. The van der Waals surface area contributed by atoms with Crippen molar-refractivity contribution in [1.82, 2.24) is 9.88 Å². The maximum Gasteiger partial charge on any atom is 0.260 e. The third-order valence-corrected chi connectivity index (χ3v) is 3.28. The number of rotatable bonds is 6. The lowest BCUT2D eigenvalue weighted by atomic mass is 10.2. The smallest absolute Gasteiger partial charge is 0.260 e. The van der Waals surface area contributed by atoms with Crippen molar-refractivity contribution < 1.29 is 4.92 Å². The molecule has 0 spiro atoms. The molecule has 0 unspecified atom stereocenters. The van der Waals surface area contributed by atoms with E-state index in [1.165, 1.54) is 0 Å². The van der Waals surface area contributed by atoms with Crippen molar-refractivity contribution in [2.24, 2.45) is 4.99 Å². The minimum absolute atomic E-state index is 0.231. The van der Waals surface area contributed by atoms with Crippen LogP contribution in [0.3, 0.4) is 0 Å². The number of pyridine rings is 1. The number of likely N-dealkylation sites (N-methyl/N-ethyl adjacent to an activating group) is 1. The molecule has 1 aliphatic rings. The van der Waals surface area contributed by atoms with Crippen LogP contribution in [0.5, 0.6) is 0 Å². The standard InChI is InChI=1S/C13H17ClN4O2/c1-2-17(8-10-3-6-12(14)15-7-10)13(9-18(19)20)16-11-4-5-11/h3,6-7,11H,2,4-5,8-9H2,1H3. The molecule has 0 bridgehead atoms. The second-order valence-corrected chi connectivity index (χ2v) is 5.16. The molecule has 0 radical (unpaired) electrons. The van der Waals surface area contributed by atoms with Gasteiger partial charge in [-0.1, -0.05) is 17.7 Å². The Morgan fingerprint density at radius 2 is 2.35 bits per heavy atom. The summed E-state index contributed by atoms with van der Waals surface area (Å²) in [4.78, 5) is 20.9. The number of nitro groups is 1. The Morgan fingerprint density at radius 1 is 1.60 bits per heavy atom. The lowest BCUT2D eigenvalue weighted by Gasteiger charge is -2.22. The maximum atomic E-state index is 10.8. The lowest BCUT2D eigenvalue weighted by Crippen LogP contribution is -2.35. The van der Waals surface area contributed by atoms with E-state index in [2.05, 4.69) is 9.98 Å². The van der Waals surface area contributed by atoms with Gasteiger partial charge in [-0.25, -0.2) is 4.98 Å². The van der Waals surface area contributed by atoms with Gasteiger partial charge in [0.1, 0.15) is 5.15 Å². The fraction of sp³-hybridized carbons (Fsp3) is 0.538. The topological polar surface area (TPSA) is 71.6 Å². The number of aliphatic imine (C=N–C) groups is 1. The zero-order valence-electron chi connectivity index (χ0n) is 11.3. The molecule has 2 rings (SSSR count). The summed E-state index contributed by atoms with van der Waals surface area (Å²) in [6.07, 6.45) is 3.74. The number of nitrogens with zero attached hydrogens (tertiary/aromatic N) is 4. The summed E-state index contributed by atoms with van der Waals surface area (Å²) >= 11 is 5.75. The highest BCUT2D eigenvalue weighted by molar-refractivity contribution is 6.29. The second-order valence-electron chi connectivity index (χ2n) is 4.77. The molecular weight excluding hydrogens is 280 g/mol. The van der Waals surface area contributed by atoms with Crippen molar-refractivity contribution in [3.63, 3.8) is 0 Å². The van der Waals surface area contributed by atoms with Crippen molar-refractivity contribution in [3.05, 3.63) is 39.2 Å². The summed E-state index contributed by atoms with van der Waals surface area (Å²) < 4.78 is 0. The highest BCUT2D eigenvalue weighted by Gasteiger charge is 2.24. The molecule has 0 N–H and O–H groups in total. The third kappa shape index (κ3) is 4.45. The van der Waals surface area contributed by atoms with Crippen LogP contribution in [0.2, 0.25) is 5.15 Å². The van der Waals surface area contributed by atoms with Crippen LogP contribution in [0.4, 0.5) is 0 Å². The monoisotopic (exact) mass is 296 g/mol. The average Bonchev–Trinajstić information content (AvgIpc) is 3.21. The molecule has 1 aromatic rings. The van der Waals surface area contributed by atoms with Gasteiger partial charge in [-0.15, -0.1) is 0 Å². The zero-order valence-corrected chi connectivity index (χ0v) is 12.1. The Morgan fingerprint density at radius 3 is 2.85 bits per heavy atom. The highest BCUT2D eigenvalue weighted by Crippen LogP contribution is 2.24. The summed E-state index contributed by atoms with van der Waals surface area (Å²) in [5, 5.41) is 11.2. The van der Waals surface area contributed by atoms with Crippen LogP contribution in [0, 0.1) is 10.1 Å². The number of aromatic nitrogens is 1. The fourth-order valence-electron chi connectivity index (χ4n) is 1.86. The first-order chi connectivity index (χ1) is 9.58. The third-order valence-electron chi connectivity index (χ3n) is 3.06. The van der Waals surface area contributed by atoms with E-state index in [-0.39, 0.29) is 17.5 Å². The van der Waals surface area contributed by atoms with Gasteiger partial charge in [0.25, 0.3) is 6.54 Å². The van der Waals surface area contributed by atoms with Gasteiger partial charge in [0, 0.05) is 24.2 Å². The summed E-state index contributed by atoms with van der Waals surface area (Å²) in [7, 11) is 0. The molecule has 0 aromatic carbocycles. The van der Waals surface area contributed by atoms with Crippen LogP contribution in [-0.2, 0) is 6.54 Å². The van der Waals surface area contributed by atoms with Crippen LogP contribution >= 0.6 is 11.6 Å². The van der Waals surface area contributed by atoms with Gasteiger partial charge < -0.3 is 4.90 Å². The van der Waals surface area contributed by atoms with Crippen LogP contribution in [0.25, 0.3) is 0 Å². The molecule has 108 valence electrons. The van der Waals surface area contributed by atoms with Crippen LogP contribution in [-0.4, -0.2) is 39.8 Å². The fourth-order valence-corrected chi connectivity index (χ4v) is 1.97. The molecule has 1 saturated carbocycles. The van der Waals surface area contributed by atoms with E-state index in [0.29, 0.717) is 24.1 Å². The minimum atomic E-state index is -0.329. The van der Waals surface area contributed by atoms with E-state index in [0.717, 1.165) is 18.4 Å². The maximum absolute atomic E-state index is 10.8. The Hall–Kier alpha value is -1.69. The predicted molar refractivity (Wildman–Crippen MR) is 77.6 cm³/mol. The SMILES string of the molecule is CCN(Cc1ccc(Cl)nc1)C(C[N+](=O)[O-])=NC1CC1. The summed E-state index contributed by atoms with van der Waals surface area (Å²) in [5.74, 6) is 0.551. The number of hydrogen-bond donors (Lipinski definition) is 0. The molecule has 7 heteroatoms. The molecule has 20 heavy (non-hydrogen) atoms. The van der Waals surface area contributed by atoms with Crippen molar-refractivity contribution in [2.75, 3.05) is 13.1 Å². The van der Waals surface area contributed by atoms with Gasteiger partial charge in [-0.2, -0.15) is 0 Å². The molecule has 1 aromatic heterocycles. The van der Waals surface area contributed by atoms with Crippen molar-refractivity contribution >= 4 is 17.4 Å². The molecular formula is C13H17ClN4O2. The van der Waals surface area contributed by atoms with Crippen molar-refractivity contribution in [1.29, 1.82) is 0 Å². The number of hydrogen-bond acceptors (Lipinski definition) is 4. The number of amidine groups is 1. The van der Waals surface area contributed by atoms with E-state index in [1.807, 2.05) is 17.9 Å². The molecule has 0 aliphatic heterocycles. The number of halogens is 1. The first kappa shape index (κ1) is 14.7. The van der Waals surface area contributed by atoms with E-state index in [9.17, 15) is 10.1 Å². The Kier molecular flexibility index (Phi) is 4.89. The van der Waals surface area contributed by atoms with E-state index in [1.54, 1.807) is 12.3 Å². The van der Waals surface area contributed by atoms with Gasteiger partial charge in [0.15, 0.2) is 5.84 Å². The van der Waals surface area contributed by atoms with Gasteiger partial charge >= 0.3 is 0 Å². The van der Waals surface area contributed by atoms with Gasteiger partial charge in [-0.05, 0) is 31.4 Å². The molecule has 1 aliphatic carbocycles. The van der Waals surface area contributed by atoms with Gasteiger partial charge in [0.05, 0.1) is 6.04 Å². The normalized spacial score (nSPS) is 15.2. The first-order valence-corrected chi connectivity index (χ1v) is 7.00. The first-order valence-electron chi connectivity index (χ1n) is 6.62. The van der Waals surface area contributed by atoms with E-state index < -0.39 is 0 Å². The largest absolute Gasteiger partial charge is 0.351 e. The highest BCUT2D eigenvalue weighted by atomic mass is 35.5. The van der Waals surface area contributed by atoms with Crippen LogP contribution in [0.15, 0.2) is 23.3 Å². The van der Waals surface area contributed by atoms with Crippen molar-refractivity contribution in [3.8, 4) is 0 Å². The van der Waals surface area contributed by atoms with E-state index in [4.69, 9.17) is 11.6 Å². The Balaban J connectivity index is 2.10. The molecule has 0 atom stereocenters. The average molecular weight is 297 g/mol. The van der Waals surface area contributed by atoms with Crippen LogP contribution < -0.4 is 0 Å². The molecule has 1 fully saturated rings. The Bertz CT molecular complexity index is 500. The van der Waals surface area contributed by atoms with Gasteiger partial charge in [0.2, 0.25) is 0 Å². The lowest BCUT2D eigenvalue weighted by molar-refractivity contribution is -0.464. The zero-order chi connectivity index (χ0) is 14.5. The minimum Gasteiger partial charge on any atom is -0.351 e. The molecule has 0 saturated heterocycles. The van der Waals surface area contributed by atoms with Crippen LogP contribution in [0.1, 0.15) is 25.3 Å². The molecule has 6 nitrogen and oxygen atoms in total. The summed E-state index contributed by atoms with van der Waals surface area (Å²) in [6.45, 7) is 2.96. The van der Waals surface area contributed by atoms with Gasteiger partial charge in [-0.3, -0.25) is 15.1 Å². The molecule has 0 amide bonds. The van der Waals surface area contributed by atoms with E-state index >= 15 is 0 Å². The Labute approximate surface area is 122 Å². The predicted octanol–water partition coefficient (Wildman–Crippen LogP) is 2.39. The summed E-state index contributed by atoms with van der Waals surface area (Å²) in [6, 6.07) is 3.86. The van der Waals surface area contributed by atoms with Crippen molar-refractivity contribution in [2.45, 2.75) is 32.4 Å².